The minimum Gasteiger partial charge on any atom is -0.463 e. The van der Waals surface area contributed by atoms with Crippen LogP contribution in [0.15, 0.2) is 22.5 Å². The van der Waals surface area contributed by atoms with Gasteiger partial charge in [-0.1, -0.05) is 0 Å². The second kappa shape index (κ2) is 9.79. The molecule has 1 aliphatic rings. The van der Waals surface area contributed by atoms with Crippen molar-refractivity contribution in [3.05, 3.63) is 51.6 Å². The van der Waals surface area contributed by atoms with Crippen LogP contribution >= 0.6 is 0 Å². The normalized spacial score (nSPS) is 14.3. The Hall–Kier alpha value is -3.44. The molecule has 1 N–H and O–H groups in total. The third-order valence-corrected chi connectivity index (χ3v) is 4.36. The molecule has 12 heteroatoms. The van der Waals surface area contributed by atoms with E-state index in [4.69, 9.17) is 9.47 Å². The maximum absolute atomic E-state index is 14.0. The fourth-order valence-electron chi connectivity index (χ4n) is 3.02. The molecular formula is C20H18F5NO6. The van der Waals surface area contributed by atoms with Crippen LogP contribution in [-0.4, -0.2) is 31.1 Å². The Morgan fingerprint density at radius 3 is 1.50 bits per heavy atom. The van der Waals surface area contributed by atoms with E-state index >= 15 is 0 Å². The van der Waals surface area contributed by atoms with Crippen molar-refractivity contribution in [3.63, 3.8) is 0 Å². The van der Waals surface area contributed by atoms with E-state index in [1.165, 1.54) is 27.7 Å². The molecule has 0 fully saturated rings. The number of rotatable bonds is 6. The molecule has 0 saturated heterocycles. The van der Waals surface area contributed by atoms with E-state index in [0.717, 1.165) is 0 Å². The van der Waals surface area contributed by atoms with Gasteiger partial charge < -0.3 is 19.5 Å². The van der Waals surface area contributed by atoms with Crippen molar-refractivity contribution in [1.29, 1.82) is 0 Å². The van der Waals surface area contributed by atoms with Gasteiger partial charge in [0.2, 0.25) is 34.8 Å². The first-order valence-electron chi connectivity index (χ1n) is 9.23. The Kier molecular flexibility index (Phi) is 7.60. The third-order valence-electron chi connectivity index (χ3n) is 4.36. The summed E-state index contributed by atoms with van der Waals surface area (Å²) in [6, 6.07) is 0. The minimum atomic E-state index is -2.45. The first-order chi connectivity index (χ1) is 15.0. The molecular weight excluding hydrogens is 445 g/mol. The number of nitrogens with one attached hydrogen (secondary N) is 1. The molecule has 0 saturated carbocycles. The molecule has 174 valence electrons. The molecule has 1 aliphatic heterocycles. The van der Waals surface area contributed by atoms with Gasteiger partial charge in [-0.05, 0) is 27.7 Å². The van der Waals surface area contributed by atoms with Gasteiger partial charge in [0.15, 0.2) is 0 Å². The third kappa shape index (κ3) is 4.43. The van der Waals surface area contributed by atoms with Crippen LogP contribution in [0.3, 0.4) is 0 Å². The van der Waals surface area contributed by atoms with E-state index < -0.39 is 69.8 Å². The molecule has 0 aliphatic carbocycles. The van der Waals surface area contributed by atoms with E-state index in [1.807, 2.05) is 0 Å². The van der Waals surface area contributed by atoms with Crippen molar-refractivity contribution in [1.82, 2.24) is 5.32 Å². The molecule has 0 unspecified atom stereocenters. The lowest BCUT2D eigenvalue weighted by Crippen LogP contribution is -2.39. The number of allylic oxidation sites excluding steroid dienone is 2. The van der Waals surface area contributed by atoms with Gasteiger partial charge >= 0.3 is 17.9 Å². The van der Waals surface area contributed by atoms with Gasteiger partial charge in [0.1, 0.15) is 5.92 Å². The first-order valence-corrected chi connectivity index (χ1v) is 9.23. The molecule has 1 aromatic rings. The Labute approximate surface area is 178 Å². The molecule has 0 radical (unpaired) electrons. The number of dihydropyridines is 1. The molecule has 0 spiro atoms. The summed E-state index contributed by atoms with van der Waals surface area (Å²) in [5.41, 5.74) is -0.856. The van der Waals surface area contributed by atoms with E-state index in [9.17, 15) is 36.3 Å². The van der Waals surface area contributed by atoms with Gasteiger partial charge in [0.05, 0.1) is 24.4 Å². The lowest BCUT2D eigenvalue weighted by atomic mass is 9.85. The Balaban J connectivity index is 2.64. The molecule has 7 nitrogen and oxygen atoms in total. The molecule has 0 aromatic heterocycles. The largest absolute Gasteiger partial charge is 0.463 e. The summed E-state index contributed by atoms with van der Waals surface area (Å²) in [4.78, 5) is 37.9. The molecule has 2 rings (SSSR count). The summed E-state index contributed by atoms with van der Waals surface area (Å²) in [5, 5.41) is 2.69. The van der Waals surface area contributed by atoms with Gasteiger partial charge in [0.25, 0.3) is 0 Å². The van der Waals surface area contributed by atoms with E-state index in [0.29, 0.717) is 0 Å². The number of benzene rings is 1. The summed E-state index contributed by atoms with van der Waals surface area (Å²) in [6.07, 6.45) is 0. The van der Waals surface area contributed by atoms with E-state index in [-0.39, 0.29) is 24.6 Å². The maximum atomic E-state index is 14.0. The van der Waals surface area contributed by atoms with Crippen molar-refractivity contribution in [2.75, 3.05) is 13.2 Å². The fraction of sp³-hybridized carbons (Fsp3) is 0.350. The Morgan fingerprint density at radius 1 is 0.750 bits per heavy atom. The van der Waals surface area contributed by atoms with Crippen LogP contribution in [0, 0.1) is 35.0 Å². The van der Waals surface area contributed by atoms with Crippen molar-refractivity contribution >= 4 is 17.9 Å². The first kappa shape index (κ1) is 24.8. The predicted octanol–water partition coefficient (Wildman–Crippen LogP) is 3.18. The van der Waals surface area contributed by atoms with Crippen molar-refractivity contribution in [3.8, 4) is 5.75 Å². The SMILES string of the molecule is CCOC(=O)C1=C(C)NC(C)=C(C(=O)OCC)C1C(=O)Oc1c(F)c(F)c(F)c(F)c1F. The van der Waals surface area contributed by atoms with Crippen LogP contribution in [0.2, 0.25) is 0 Å². The monoisotopic (exact) mass is 463 g/mol. The van der Waals surface area contributed by atoms with Gasteiger partial charge in [-0.15, -0.1) is 0 Å². The summed E-state index contributed by atoms with van der Waals surface area (Å²) in [7, 11) is 0. The molecule has 1 heterocycles. The highest BCUT2D eigenvalue weighted by atomic mass is 19.2. The van der Waals surface area contributed by atoms with Crippen molar-refractivity contribution in [2.24, 2.45) is 5.92 Å². The van der Waals surface area contributed by atoms with E-state index in [2.05, 4.69) is 10.1 Å². The Morgan fingerprint density at radius 2 is 1.12 bits per heavy atom. The molecule has 0 amide bonds. The average molecular weight is 463 g/mol. The molecule has 0 atom stereocenters. The van der Waals surface area contributed by atoms with Crippen LogP contribution in [0.5, 0.6) is 5.75 Å². The standard InChI is InChI=1S/C20H18F5NO6/c1-5-30-18(27)9-7(3)26-8(4)10(19(28)31-6-2)11(9)20(29)32-17-15(24)13(22)12(21)14(23)16(17)25/h11,26H,5-6H2,1-4H3. The number of carbonyl (C=O) groups excluding carboxylic acids is 3. The molecule has 32 heavy (non-hydrogen) atoms. The fourth-order valence-corrected chi connectivity index (χ4v) is 3.02. The van der Waals surface area contributed by atoms with Gasteiger partial charge in [-0.3, -0.25) is 4.79 Å². The van der Waals surface area contributed by atoms with Crippen LogP contribution < -0.4 is 10.1 Å². The highest BCUT2D eigenvalue weighted by Gasteiger charge is 2.43. The van der Waals surface area contributed by atoms with Gasteiger partial charge in [-0.2, -0.15) is 8.78 Å². The maximum Gasteiger partial charge on any atom is 0.337 e. The smallest absolute Gasteiger partial charge is 0.337 e. The minimum absolute atomic E-state index is 0.0355. The number of ether oxygens (including phenoxy) is 3. The van der Waals surface area contributed by atoms with Crippen LogP contribution in [0.25, 0.3) is 0 Å². The number of hydrogen-bond acceptors (Lipinski definition) is 7. The number of esters is 3. The summed E-state index contributed by atoms with van der Waals surface area (Å²) in [6.45, 7) is 5.34. The summed E-state index contributed by atoms with van der Waals surface area (Å²) in [5.74, 6) is -19.6. The quantitative estimate of drug-likeness (QED) is 0.228. The zero-order chi connectivity index (χ0) is 24.3. The number of hydrogen-bond donors (Lipinski definition) is 1. The average Bonchev–Trinajstić information content (AvgIpc) is 2.73. The molecule has 1 aromatic carbocycles. The predicted molar refractivity (Wildman–Crippen MR) is 97.2 cm³/mol. The summed E-state index contributed by atoms with van der Waals surface area (Å²) >= 11 is 0. The summed E-state index contributed by atoms with van der Waals surface area (Å²) < 4.78 is 82.6. The number of halogens is 5. The zero-order valence-electron chi connectivity index (χ0n) is 17.3. The lowest BCUT2D eigenvalue weighted by molar-refractivity contribution is -0.146. The lowest BCUT2D eigenvalue weighted by Gasteiger charge is -2.28. The second-order valence-electron chi connectivity index (χ2n) is 6.40. The number of carbonyl (C=O) groups is 3. The van der Waals surface area contributed by atoms with Crippen molar-refractivity contribution in [2.45, 2.75) is 27.7 Å². The van der Waals surface area contributed by atoms with Crippen LogP contribution in [0.4, 0.5) is 22.0 Å². The van der Waals surface area contributed by atoms with Gasteiger partial charge in [-0.25, -0.2) is 22.8 Å². The second-order valence-corrected chi connectivity index (χ2v) is 6.40. The zero-order valence-corrected chi connectivity index (χ0v) is 17.3. The highest BCUT2D eigenvalue weighted by molar-refractivity contribution is 6.06. The van der Waals surface area contributed by atoms with Crippen LogP contribution in [-0.2, 0) is 23.9 Å². The van der Waals surface area contributed by atoms with Crippen LogP contribution in [0.1, 0.15) is 27.7 Å². The molecule has 0 bridgehead atoms. The van der Waals surface area contributed by atoms with Gasteiger partial charge in [0, 0.05) is 11.4 Å². The topological polar surface area (TPSA) is 90.9 Å². The highest BCUT2D eigenvalue weighted by Crippen LogP contribution is 2.35. The Bertz CT molecular complexity index is 980. The van der Waals surface area contributed by atoms with E-state index in [1.54, 1.807) is 0 Å². The van der Waals surface area contributed by atoms with Crippen molar-refractivity contribution < 1.29 is 50.5 Å².